The summed E-state index contributed by atoms with van der Waals surface area (Å²) in [6.07, 6.45) is 0. The molecule has 2 aromatic carbocycles. The molecule has 0 atom stereocenters. The topological polar surface area (TPSA) is 92.5 Å². The normalized spacial score (nSPS) is 10.1. The first-order valence-corrected chi connectivity index (χ1v) is 7.07. The van der Waals surface area contributed by atoms with Crippen molar-refractivity contribution in [2.45, 2.75) is 5.33 Å². The molecular formula is C14H11BrN2O4. The van der Waals surface area contributed by atoms with Crippen LogP contribution >= 0.6 is 15.9 Å². The number of carbonyl (C=O) groups is 1. The van der Waals surface area contributed by atoms with E-state index in [1.165, 1.54) is 18.2 Å². The molecule has 0 fully saturated rings. The first kappa shape index (κ1) is 15.0. The van der Waals surface area contributed by atoms with Gasteiger partial charge in [-0.1, -0.05) is 34.1 Å². The molecule has 6 nitrogen and oxygen atoms in total. The molecule has 0 aliphatic rings. The number of hydrogen-bond acceptors (Lipinski definition) is 4. The van der Waals surface area contributed by atoms with Gasteiger partial charge in [0.05, 0.1) is 4.92 Å². The number of alkyl halides is 1. The maximum absolute atomic E-state index is 12.1. The van der Waals surface area contributed by atoms with E-state index in [4.69, 9.17) is 0 Å². The van der Waals surface area contributed by atoms with Crippen LogP contribution in [0.25, 0.3) is 0 Å². The molecule has 2 aromatic rings. The van der Waals surface area contributed by atoms with Gasteiger partial charge in [0.15, 0.2) is 5.69 Å². The Morgan fingerprint density at radius 3 is 2.48 bits per heavy atom. The van der Waals surface area contributed by atoms with Gasteiger partial charge in [0.2, 0.25) is 0 Å². The summed E-state index contributed by atoms with van der Waals surface area (Å²) >= 11 is 3.30. The van der Waals surface area contributed by atoms with Crippen molar-refractivity contribution in [3.05, 3.63) is 63.7 Å². The highest BCUT2D eigenvalue weighted by Crippen LogP contribution is 2.33. The van der Waals surface area contributed by atoms with Crippen molar-refractivity contribution in [3.63, 3.8) is 0 Å². The van der Waals surface area contributed by atoms with Crippen molar-refractivity contribution in [1.29, 1.82) is 0 Å². The average molecular weight is 351 g/mol. The van der Waals surface area contributed by atoms with Crippen LogP contribution in [0.15, 0.2) is 42.5 Å². The summed E-state index contributed by atoms with van der Waals surface area (Å²) < 4.78 is 0. The number of nitrogens with zero attached hydrogens (tertiary/aromatic N) is 1. The van der Waals surface area contributed by atoms with Gasteiger partial charge in [-0.05, 0) is 23.8 Å². The number of para-hydroxylation sites is 1. The third-order valence-corrected chi connectivity index (χ3v) is 3.47. The first-order valence-electron chi connectivity index (χ1n) is 5.95. The Morgan fingerprint density at radius 1 is 1.24 bits per heavy atom. The summed E-state index contributed by atoms with van der Waals surface area (Å²) in [6, 6.07) is 10.6. The van der Waals surface area contributed by atoms with Gasteiger partial charge in [-0.15, -0.1) is 0 Å². The quantitative estimate of drug-likeness (QED) is 0.382. The molecule has 0 aliphatic carbocycles. The highest BCUT2D eigenvalue weighted by Gasteiger charge is 2.20. The number of aromatic hydroxyl groups is 1. The summed E-state index contributed by atoms with van der Waals surface area (Å²) in [6.45, 7) is 0. The van der Waals surface area contributed by atoms with Crippen LogP contribution in [-0.4, -0.2) is 15.9 Å². The monoisotopic (exact) mass is 350 g/mol. The minimum absolute atomic E-state index is 0.211. The Hall–Kier alpha value is -2.41. The second kappa shape index (κ2) is 6.36. The zero-order valence-electron chi connectivity index (χ0n) is 10.7. The lowest BCUT2D eigenvalue weighted by Gasteiger charge is -2.08. The molecule has 0 aliphatic heterocycles. The number of halogens is 1. The molecular weight excluding hydrogens is 340 g/mol. The predicted octanol–water partition coefficient (Wildman–Crippen LogP) is 3.45. The second-order valence-electron chi connectivity index (χ2n) is 4.21. The standard InChI is InChI=1S/C14H11BrN2O4/c15-8-9-4-6-10(7-5-9)14(19)16-13-11(17(20)21)2-1-3-12(13)18/h1-7,18H,8H2,(H,16,19). The highest BCUT2D eigenvalue weighted by molar-refractivity contribution is 9.08. The van der Waals surface area contributed by atoms with E-state index >= 15 is 0 Å². The van der Waals surface area contributed by atoms with Gasteiger partial charge < -0.3 is 10.4 Å². The summed E-state index contributed by atoms with van der Waals surface area (Å²) in [4.78, 5) is 22.3. The van der Waals surface area contributed by atoms with Crippen molar-refractivity contribution in [2.24, 2.45) is 0 Å². The third-order valence-electron chi connectivity index (χ3n) is 2.83. The summed E-state index contributed by atoms with van der Waals surface area (Å²) in [5.74, 6) is -0.879. The zero-order valence-corrected chi connectivity index (χ0v) is 12.3. The van der Waals surface area contributed by atoms with Crippen molar-refractivity contribution >= 4 is 33.2 Å². The largest absolute Gasteiger partial charge is 0.505 e. The number of hydrogen-bond donors (Lipinski definition) is 2. The van der Waals surface area contributed by atoms with Crippen LogP contribution < -0.4 is 5.32 Å². The fourth-order valence-corrected chi connectivity index (χ4v) is 2.11. The van der Waals surface area contributed by atoms with Gasteiger partial charge >= 0.3 is 0 Å². The summed E-state index contributed by atoms with van der Waals surface area (Å²) in [5, 5.41) is 23.6. The van der Waals surface area contributed by atoms with Crippen molar-refractivity contribution < 1.29 is 14.8 Å². The van der Waals surface area contributed by atoms with E-state index in [1.54, 1.807) is 24.3 Å². The summed E-state index contributed by atoms with van der Waals surface area (Å²) in [7, 11) is 0. The number of benzene rings is 2. The van der Waals surface area contributed by atoms with Crippen LogP contribution in [0.3, 0.4) is 0 Å². The maximum atomic E-state index is 12.1. The van der Waals surface area contributed by atoms with E-state index in [1.807, 2.05) is 0 Å². The van der Waals surface area contributed by atoms with Gasteiger partial charge in [0.25, 0.3) is 11.6 Å². The lowest BCUT2D eigenvalue weighted by Crippen LogP contribution is -2.13. The average Bonchev–Trinajstić information content (AvgIpc) is 2.49. The number of nitrogens with one attached hydrogen (secondary N) is 1. The molecule has 1 amide bonds. The van der Waals surface area contributed by atoms with Crippen LogP contribution in [0, 0.1) is 10.1 Å². The second-order valence-corrected chi connectivity index (χ2v) is 4.77. The number of phenolic OH excluding ortho intramolecular Hbond substituents is 1. The molecule has 21 heavy (non-hydrogen) atoms. The van der Waals surface area contributed by atoms with Crippen LogP contribution in [0.2, 0.25) is 0 Å². The van der Waals surface area contributed by atoms with Gasteiger partial charge in [-0.3, -0.25) is 14.9 Å². The third kappa shape index (κ3) is 3.38. The minimum atomic E-state index is -0.663. The van der Waals surface area contributed by atoms with Crippen molar-refractivity contribution in [2.75, 3.05) is 5.32 Å². The fourth-order valence-electron chi connectivity index (χ4n) is 1.74. The molecule has 0 saturated heterocycles. The van der Waals surface area contributed by atoms with Crippen LogP contribution in [-0.2, 0) is 5.33 Å². The van der Waals surface area contributed by atoms with Crippen molar-refractivity contribution in [3.8, 4) is 5.75 Å². The molecule has 2 N–H and O–H groups in total. The molecule has 0 unspecified atom stereocenters. The van der Waals surface area contributed by atoms with Crippen LogP contribution in [0.1, 0.15) is 15.9 Å². The lowest BCUT2D eigenvalue weighted by molar-refractivity contribution is -0.384. The smallest absolute Gasteiger partial charge is 0.296 e. The van der Waals surface area contributed by atoms with Gasteiger partial charge in [0, 0.05) is 17.0 Å². The highest BCUT2D eigenvalue weighted by atomic mass is 79.9. The molecule has 7 heteroatoms. The number of anilines is 1. The lowest BCUT2D eigenvalue weighted by atomic mass is 10.1. The van der Waals surface area contributed by atoms with Gasteiger partial charge in [0.1, 0.15) is 5.75 Å². The molecule has 0 heterocycles. The Morgan fingerprint density at radius 2 is 1.90 bits per heavy atom. The van der Waals surface area contributed by atoms with E-state index in [9.17, 15) is 20.0 Å². The number of rotatable bonds is 4. The first-order chi connectivity index (χ1) is 10.0. The number of carbonyl (C=O) groups excluding carboxylic acids is 1. The Bertz CT molecular complexity index is 686. The van der Waals surface area contributed by atoms with Crippen molar-refractivity contribution in [1.82, 2.24) is 0 Å². The molecule has 2 rings (SSSR count). The van der Waals surface area contributed by atoms with Crippen LogP contribution in [0.5, 0.6) is 5.75 Å². The number of nitro benzene ring substituents is 1. The fraction of sp³-hybridized carbons (Fsp3) is 0.0714. The van der Waals surface area contributed by atoms with Gasteiger partial charge in [-0.25, -0.2) is 0 Å². The molecule has 0 bridgehead atoms. The van der Waals surface area contributed by atoms with E-state index in [-0.39, 0.29) is 17.1 Å². The predicted molar refractivity (Wildman–Crippen MR) is 81.8 cm³/mol. The van der Waals surface area contributed by atoms with Crippen LogP contribution in [0.4, 0.5) is 11.4 Å². The minimum Gasteiger partial charge on any atom is -0.505 e. The number of amides is 1. The molecule has 0 saturated carbocycles. The summed E-state index contributed by atoms with van der Waals surface area (Å²) in [5.41, 5.74) is 0.773. The molecule has 0 radical (unpaired) electrons. The Kier molecular flexibility index (Phi) is 4.54. The van der Waals surface area contributed by atoms with E-state index < -0.39 is 10.8 Å². The molecule has 0 aromatic heterocycles. The van der Waals surface area contributed by atoms with E-state index in [2.05, 4.69) is 21.2 Å². The SMILES string of the molecule is O=C(Nc1c(O)cccc1[N+](=O)[O-])c1ccc(CBr)cc1. The maximum Gasteiger partial charge on any atom is 0.296 e. The molecule has 0 spiro atoms. The van der Waals surface area contributed by atoms with E-state index in [0.717, 1.165) is 5.56 Å². The zero-order chi connectivity index (χ0) is 15.4. The Labute approximate surface area is 128 Å². The Balaban J connectivity index is 2.29. The molecule has 108 valence electrons. The number of phenols is 1. The van der Waals surface area contributed by atoms with Gasteiger partial charge in [-0.2, -0.15) is 0 Å². The van der Waals surface area contributed by atoms with E-state index in [0.29, 0.717) is 10.9 Å². The number of nitro groups is 1.